The van der Waals surface area contributed by atoms with Gasteiger partial charge in [-0.25, -0.2) is 0 Å². The minimum Gasteiger partial charge on any atom is -0.456 e. The van der Waals surface area contributed by atoms with E-state index in [1.165, 1.54) is 54.2 Å². The first-order valence-electron chi connectivity index (χ1n) is 18.2. The summed E-state index contributed by atoms with van der Waals surface area (Å²) in [6.45, 7) is 0. The summed E-state index contributed by atoms with van der Waals surface area (Å²) in [6.07, 6.45) is 0. The van der Waals surface area contributed by atoms with E-state index < -0.39 is 0 Å². The molecule has 0 unspecified atom stereocenters. The van der Waals surface area contributed by atoms with E-state index in [2.05, 4.69) is 157 Å². The van der Waals surface area contributed by atoms with Crippen LogP contribution in [0.2, 0.25) is 0 Å². The summed E-state index contributed by atoms with van der Waals surface area (Å²) >= 11 is 0. The summed E-state index contributed by atoms with van der Waals surface area (Å²) in [4.78, 5) is 2.27. The monoisotopic (exact) mass is 686 g/mol. The molecular formula is C51H30N2O. The maximum absolute atomic E-state index is 9.47. The topological polar surface area (TPSA) is 40.2 Å². The van der Waals surface area contributed by atoms with Crippen molar-refractivity contribution >= 4 is 82.1 Å². The molecule has 0 aliphatic heterocycles. The predicted octanol–water partition coefficient (Wildman–Crippen LogP) is 14.3. The van der Waals surface area contributed by atoms with E-state index in [1.807, 2.05) is 36.4 Å². The summed E-state index contributed by atoms with van der Waals surface area (Å²) in [7, 11) is 0. The SMILES string of the molecule is N#Cc1ccc(N(c2ccc(-c3cc4ccc5cc(-c6ccc7c(c6)oc6ccccc67)cc6ccc(c3)c4c56)cc2)c2cccc3ccccc23)cc1. The highest BCUT2D eigenvalue weighted by atomic mass is 16.3. The van der Waals surface area contributed by atoms with Crippen molar-refractivity contribution in [2.75, 3.05) is 4.90 Å². The van der Waals surface area contributed by atoms with Gasteiger partial charge in [0.25, 0.3) is 0 Å². The van der Waals surface area contributed by atoms with Gasteiger partial charge >= 0.3 is 0 Å². The normalized spacial score (nSPS) is 11.7. The van der Waals surface area contributed by atoms with Crippen molar-refractivity contribution < 1.29 is 4.42 Å². The Morgan fingerprint density at radius 3 is 1.59 bits per heavy atom. The molecule has 0 saturated carbocycles. The molecule has 0 bridgehead atoms. The second-order valence-corrected chi connectivity index (χ2v) is 14.1. The first kappa shape index (κ1) is 30.2. The fraction of sp³-hybridized carbons (Fsp3) is 0. The van der Waals surface area contributed by atoms with Crippen LogP contribution in [0, 0.1) is 11.3 Å². The Morgan fingerprint density at radius 2 is 0.926 bits per heavy atom. The molecule has 0 atom stereocenters. The molecule has 11 rings (SSSR count). The zero-order valence-electron chi connectivity index (χ0n) is 29.1. The van der Waals surface area contributed by atoms with Crippen LogP contribution in [0.15, 0.2) is 186 Å². The molecule has 1 aromatic heterocycles. The van der Waals surface area contributed by atoms with Gasteiger partial charge in [0, 0.05) is 27.5 Å². The maximum atomic E-state index is 9.47. The van der Waals surface area contributed by atoms with Gasteiger partial charge in [-0.1, -0.05) is 97.1 Å². The Hall–Kier alpha value is -7.41. The molecule has 0 aliphatic rings. The number of hydrogen-bond donors (Lipinski definition) is 0. The molecular weight excluding hydrogens is 657 g/mol. The van der Waals surface area contributed by atoms with Gasteiger partial charge in [0.15, 0.2) is 0 Å². The quantitative estimate of drug-likeness (QED) is 0.169. The third-order valence-electron chi connectivity index (χ3n) is 11.0. The van der Waals surface area contributed by atoms with Crippen LogP contribution in [0.1, 0.15) is 5.56 Å². The summed E-state index contributed by atoms with van der Waals surface area (Å²) in [5, 5.41) is 21.6. The number of hydrogen-bond acceptors (Lipinski definition) is 3. The lowest BCUT2D eigenvalue weighted by molar-refractivity contribution is 0.669. The van der Waals surface area contributed by atoms with Gasteiger partial charge in [-0.05, 0) is 145 Å². The Kier molecular flexibility index (Phi) is 6.62. The van der Waals surface area contributed by atoms with Crippen molar-refractivity contribution in [3.8, 4) is 28.3 Å². The van der Waals surface area contributed by atoms with Crippen LogP contribution in [0.3, 0.4) is 0 Å². The van der Waals surface area contributed by atoms with Crippen LogP contribution in [0.4, 0.5) is 17.1 Å². The van der Waals surface area contributed by atoms with Crippen molar-refractivity contribution in [1.29, 1.82) is 5.26 Å². The highest BCUT2D eigenvalue weighted by molar-refractivity contribution is 6.24. The van der Waals surface area contributed by atoms with Gasteiger partial charge in [-0.3, -0.25) is 0 Å². The van der Waals surface area contributed by atoms with Gasteiger partial charge in [0.05, 0.1) is 17.3 Å². The van der Waals surface area contributed by atoms with Gasteiger partial charge in [-0.15, -0.1) is 0 Å². The van der Waals surface area contributed by atoms with Crippen molar-refractivity contribution in [3.05, 3.63) is 188 Å². The molecule has 250 valence electrons. The zero-order valence-corrected chi connectivity index (χ0v) is 29.1. The molecule has 11 aromatic rings. The van der Waals surface area contributed by atoms with Crippen LogP contribution in [0.5, 0.6) is 0 Å². The fourth-order valence-electron chi connectivity index (χ4n) is 8.40. The second kappa shape index (κ2) is 11.8. The number of rotatable bonds is 5. The molecule has 0 fully saturated rings. The van der Waals surface area contributed by atoms with Crippen LogP contribution in [-0.4, -0.2) is 0 Å². The minimum absolute atomic E-state index is 0.641. The Balaban J connectivity index is 0.981. The first-order chi connectivity index (χ1) is 26.7. The first-order valence-corrected chi connectivity index (χ1v) is 18.2. The molecule has 3 heteroatoms. The Bertz CT molecular complexity index is 3200. The number of fused-ring (bicyclic) bond motifs is 4. The number of nitrogens with zero attached hydrogens (tertiary/aromatic N) is 2. The van der Waals surface area contributed by atoms with Crippen LogP contribution >= 0.6 is 0 Å². The van der Waals surface area contributed by atoms with Crippen LogP contribution in [0.25, 0.3) is 87.3 Å². The van der Waals surface area contributed by atoms with Crippen LogP contribution < -0.4 is 4.90 Å². The molecule has 0 amide bonds. The predicted molar refractivity (Wildman–Crippen MR) is 225 cm³/mol. The average molecular weight is 687 g/mol. The standard InChI is InChI=1S/C51H30N2O/c52-31-32-12-21-42(22-13-32)53(47-10-5-7-34-6-1-2-8-44(34)47)43-23-18-33(19-24-43)40-26-36-14-16-38-28-41(29-39-17-15-37(27-40)50(36)51(38)39)35-20-25-46-45-9-3-4-11-48(45)54-49(46)30-35/h1-30H. The number of para-hydroxylation sites is 1. The van der Waals surface area contributed by atoms with E-state index in [-0.39, 0.29) is 0 Å². The Morgan fingerprint density at radius 1 is 0.389 bits per heavy atom. The average Bonchev–Trinajstić information content (AvgIpc) is 3.61. The van der Waals surface area contributed by atoms with Crippen LogP contribution in [-0.2, 0) is 0 Å². The highest BCUT2D eigenvalue weighted by Crippen LogP contribution is 2.42. The summed E-state index contributed by atoms with van der Waals surface area (Å²) in [5.41, 5.74) is 10.3. The molecule has 54 heavy (non-hydrogen) atoms. The van der Waals surface area contributed by atoms with Gasteiger partial charge in [0.2, 0.25) is 0 Å². The lowest BCUT2D eigenvalue weighted by Gasteiger charge is -2.27. The fourth-order valence-corrected chi connectivity index (χ4v) is 8.40. The van der Waals surface area contributed by atoms with Crippen molar-refractivity contribution in [3.63, 3.8) is 0 Å². The number of benzene rings is 10. The maximum Gasteiger partial charge on any atom is 0.136 e. The summed E-state index contributed by atoms with van der Waals surface area (Å²) in [6, 6.07) is 66.9. The van der Waals surface area contributed by atoms with E-state index in [0.717, 1.165) is 50.1 Å². The zero-order chi connectivity index (χ0) is 35.8. The van der Waals surface area contributed by atoms with Gasteiger partial charge in [0.1, 0.15) is 11.2 Å². The number of furan rings is 1. The Labute approximate surface area is 311 Å². The molecule has 0 N–H and O–H groups in total. The van der Waals surface area contributed by atoms with E-state index in [4.69, 9.17) is 4.42 Å². The molecule has 10 aromatic carbocycles. The third kappa shape index (κ3) is 4.75. The minimum atomic E-state index is 0.641. The highest BCUT2D eigenvalue weighted by Gasteiger charge is 2.17. The molecule has 1 heterocycles. The lowest BCUT2D eigenvalue weighted by atomic mass is 9.89. The molecule has 0 aliphatic carbocycles. The van der Waals surface area contributed by atoms with Gasteiger partial charge < -0.3 is 9.32 Å². The third-order valence-corrected chi connectivity index (χ3v) is 11.0. The largest absolute Gasteiger partial charge is 0.456 e. The number of nitriles is 1. The van der Waals surface area contributed by atoms with Gasteiger partial charge in [-0.2, -0.15) is 5.26 Å². The molecule has 0 radical (unpaired) electrons. The van der Waals surface area contributed by atoms with Crippen molar-refractivity contribution in [2.45, 2.75) is 0 Å². The van der Waals surface area contributed by atoms with Crippen molar-refractivity contribution in [1.82, 2.24) is 0 Å². The van der Waals surface area contributed by atoms with E-state index in [1.54, 1.807) is 0 Å². The smallest absolute Gasteiger partial charge is 0.136 e. The lowest BCUT2D eigenvalue weighted by Crippen LogP contribution is -2.10. The summed E-state index contributed by atoms with van der Waals surface area (Å²) in [5.74, 6) is 0. The summed E-state index contributed by atoms with van der Waals surface area (Å²) < 4.78 is 6.23. The second-order valence-electron chi connectivity index (χ2n) is 14.1. The molecule has 3 nitrogen and oxygen atoms in total. The van der Waals surface area contributed by atoms with E-state index >= 15 is 0 Å². The molecule has 0 spiro atoms. The van der Waals surface area contributed by atoms with E-state index in [9.17, 15) is 5.26 Å². The molecule has 0 saturated heterocycles. The van der Waals surface area contributed by atoms with E-state index in [0.29, 0.717) is 5.56 Å². The number of anilines is 3. The van der Waals surface area contributed by atoms with Crippen molar-refractivity contribution in [2.24, 2.45) is 0 Å².